The monoisotopic (exact) mass is 325 g/mol. The molecule has 1 N–H and O–H groups in total. The first-order valence-corrected chi connectivity index (χ1v) is 6.29. The maximum Gasteiger partial charge on any atom is 0.258 e. The van der Waals surface area contributed by atoms with E-state index in [1.165, 1.54) is 24.3 Å². The molecule has 2 aromatic carbocycles. The first kappa shape index (κ1) is 13.7. The molecule has 2 rings (SSSR count). The molecule has 0 aliphatic heterocycles. The maximum atomic E-state index is 13.6. The summed E-state index contributed by atoms with van der Waals surface area (Å²) in [6.45, 7) is 1.74. The molecule has 1 amide bonds. The van der Waals surface area contributed by atoms with Crippen molar-refractivity contribution in [1.29, 1.82) is 0 Å². The van der Waals surface area contributed by atoms with Gasteiger partial charge in [0.25, 0.3) is 5.91 Å². The van der Waals surface area contributed by atoms with Crippen LogP contribution < -0.4 is 5.32 Å². The lowest BCUT2D eigenvalue weighted by Gasteiger charge is -2.08. The summed E-state index contributed by atoms with van der Waals surface area (Å²) in [6, 6.07) is 8.47. The van der Waals surface area contributed by atoms with E-state index in [1.54, 1.807) is 19.1 Å². The molecule has 2 nitrogen and oxygen atoms in total. The smallest absolute Gasteiger partial charge is 0.258 e. The van der Waals surface area contributed by atoms with E-state index < -0.39 is 17.5 Å². The van der Waals surface area contributed by atoms with Gasteiger partial charge in [-0.3, -0.25) is 4.79 Å². The molecule has 0 unspecified atom stereocenters. The number of benzene rings is 2. The summed E-state index contributed by atoms with van der Waals surface area (Å²) in [5.41, 5.74) is 0.631. The Morgan fingerprint density at radius 1 is 1.11 bits per heavy atom. The highest BCUT2D eigenvalue weighted by molar-refractivity contribution is 9.10. The molecule has 0 spiro atoms. The number of aryl methyl sites for hydroxylation is 1. The molecule has 0 aliphatic carbocycles. The van der Waals surface area contributed by atoms with E-state index in [0.29, 0.717) is 4.47 Å². The van der Waals surface area contributed by atoms with Crippen molar-refractivity contribution in [1.82, 2.24) is 0 Å². The predicted octanol–water partition coefficient (Wildman–Crippen LogP) is 4.29. The van der Waals surface area contributed by atoms with Gasteiger partial charge in [0, 0.05) is 4.47 Å². The average molecular weight is 326 g/mol. The summed E-state index contributed by atoms with van der Waals surface area (Å²) in [5.74, 6) is -1.90. The van der Waals surface area contributed by atoms with Crippen LogP contribution >= 0.6 is 15.9 Å². The van der Waals surface area contributed by atoms with E-state index in [2.05, 4.69) is 21.2 Å². The van der Waals surface area contributed by atoms with Crippen molar-refractivity contribution in [2.24, 2.45) is 0 Å². The summed E-state index contributed by atoms with van der Waals surface area (Å²) in [7, 11) is 0. The third-order valence-corrected chi connectivity index (χ3v) is 3.04. The first-order chi connectivity index (χ1) is 8.97. The number of halogens is 3. The lowest BCUT2D eigenvalue weighted by atomic mass is 10.1. The SMILES string of the molecule is Cc1ccc(NC(=O)c2ccc(Br)cc2F)c(F)c1. The fourth-order valence-corrected chi connectivity index (χ4v) is 1.92. The van der Waals surface area contributed by atoms with Crippen LogP contribution in [0.3, 0.4) is 0 Å². The molecule has 0 bridgehead atoms. The second-order valence-electron chi connectivity index (χ2n) is 4.06. The van der Waals surface area contributed by atoms with E-state index in [-0.39, 0.29) is 11.3 Å². The number of amides is 1. The second-order valence-corrected chi connectivity index (χ2v) is 4.98. The Balaban J connectivity index is 2.25. The van der Waals surface area contributed by atoms with Gasteiger partial charge in [0.15, 0.2) is 0 Å². The van der Waals surface area contributed by atoms with E-state index in [1.807, 2.05) is 0 Å². The highest BCUT2D eigenvalue weighted by Crippen LogP contribution is 2.19. The Hall–Kier alpha value is -1.75. The largest absolute Gasteiger partial charge is 0.319 e. The third-order valence-electron chi connectivity index (χ3n) is 2.55. The topological polar surface area (TPSA) is 29.1 Å². The molecule has 5 heteroatoms. The summed E-state index contributed by atoms with van der Waals surface area (Å²) in [5, 5.41) is 2.34. The highest BCUT2D eigenvalue weighted by Gasteiger charge is 2.13. The zero-order valence-corrected chi connectivity index (χ0v) is 11.6. The molecule has 0 saturated carbocycles. The van der Waals surface area contributed by atoms with E-state index in [0.717, 1.165) is 5.56 Å². The van der Waals surface area contributed by atoms with Crippen LogP contribution in [0.15, 0.2) is 40.9 Å². The van der Waals surface area contributed by atoms with E-state index in [4.69, 9.17) is 0 Å². The fourth-order valence-electron chi connectivity index (χ4n) is 1.58. The maximum absolute atomic E-state index is 13.6. The number of hydrogen-bond acceptors (Lipinski definition) is 1. The average Bonchev–Trinajstić information content (AvgIpc) is 2.32. The molecule has 19 heavy (non-hydrogen) atoms. The minimum atomic E-state index is -0.687. The lowest BCUT2D eigenvalue weighted by molar-refractivity contribution is 0.102. The number of hydrogen-bond donors (Lipinski definition) is 1. The van der Waals surface area contributed by atoms with E-state index >= 15 is 0 Å². The predicted molar refractivity (Wildman–Crippen MR) is 73.2 cm³/mol. The second kappa shape index (κ2) is 5.48. The van der Waals surface area contributed by atoms with Gasteiger partial charge in [0.1, 0.15) is 11.6 Å². The molecule has 2 aromatic rings. The van der Waals surface area contributed by atoms with E-state index in [9.17, 15) is 13.6 Å². The van der Waals surface area contributed by atoms with Crippen molar-refractivity contribution in [3.63, 3.8) is 0 Å². The number of rotatable bonds is 2. The normalized spacial score (nSPS) is 10.3. The van der Waals surface area contributed by atoms with Gasteiger partial charge >= 0.3 is 0 Å². The van der Waals surface area contributed by atoms with Crippen molar-refractivity contribution >= 4 is 27.5 Å². The van der Waals surface area contributed by atoms with Crippen molar-refractivity contribution in [2.45, 2.75) is 6.92 Å². The van der Waals surface area contributed by atoms with Crippen LogP contribution in [0, 0.1) is 18.6 Å². The van der Waals surface area contributed by atoms with Gasteiger partial charge in [-0.25, -0.2) is 8.78 Å². The first-order valence-electron chi connectivity index (χ1n) is 5.50. The third kappa shape index (κ3) is 3.17. The number of carbonyl (C=O) groups is 1. The highest BCUT2D eigenvalue weighted by atomic mass is 79.9. The van der Waals surface area contributed by atoms with Crippen molar-refractivity contribution in [2.75, 3.05) is 5.32 Å². The zero-order valence-electron chi connectivity index (χ0n) is 10.0. The molecule has 0 atom stereocenters. The Labute approximate surface area is 117 Å². The Morgan fingerprint density at radius 2 is 1.84 bits per heavy atom. The fraction of sp³-hybridized carbons (Fsp3) is 0.0714. The van der Waals surface area contributed by atoms with Crippen LogP contribution in [0.4, 0.5) is 14.5 Å². The minimum Gasteiger partial charge on any atom is -0.319 e. The Morgan fingerprint density at radius 3 is 2.47 bits per heavy atom. The lowest BCUT2D eigenvalue weighted by Crippen LogP contribution is -2.14. The van der Waals surface area contributed by atoms with Gasteiger partial charge in [-0.05, 0) is 42.8 Å². The molecule has 0 aromatic heterocycles. The minimum absolute atomic E-state index is 0.0259. The molecule has 0 saturated heterocycles. The van der Waals surface area contributed by atoms with Gasteiger partial charge in [0.2, 0.25) is 0 Å². The van der Waals surface area contributed by atoms with Crippen LogP contribution in [0.25, 0.3) is 0 Å². The summed E-state index contributed by atoms with van der Waals surface area (Å²) in [6.07, 6.45) is 0. The number of carbonyl (C=O) groups excluding carboxylic acids is 1. The summed E-state index contributed by atoms with van der Waals surface area (Å²) < 4.78 is 27.7. The molecule has 0 radical (unpaired) electrons. The number of anilines is 1. The van der Waals surface area contributed by atoms with Gasteiger partial charge in [-0.15, -0.1) is 0 Å². The van der Waals surface area contributed by atoms with Crippen molar-refractivity contribution in [3.05, 3.63) is 63.6 Å². The van der Waals surface area contributed by atoms with Crippen LogP contribution in [0.5, 0.6) is 0 Å². The Bertz CT molecular complexity index is 643. The van der Waals surface area contributed by atoms with Gasteiger partial charge in [-0.2, -0.15) is 0 Å². The zero-order chi connectivity index (χ0) is 14.0. The van der Waals surface area contributed by atoms with Crippen LogP contribution in [0.2, 0.25) is 0 Å². The molecular weight excluding hydrogens is 316 g/mol. The van der Waals surface area contributed by atoms with Crippen LogP contribution in [-0.2, 0) is 0 Å². The summed E-state index contributed by atoms with van der Waals surface area (Å²) in [4.78, 5) is 11.9. The molecular formula is C14H10BrF2NO. The molecule has 0 heterocycles. The Kier molecular flexibility index (Phi) is 3.95. The summed E-state index contributed by atoms with van der Waals surface area (Å²) >= 11 is 3.10. The number of nitrogens with one attached hydrogen (secondary N) is 1. The van der Waals surface area contributed by atoms with Gasteiger partial charge in [0.05, 0.1) is 11.3 Å². The van der Waals surface area contributed by atoms with Crippen LogP contribution in [-0.4, -0.2) is 5.91 Å². The van der Waals surface area contributed by atoms with Crippen molar-refractivity contribution in [3.8, 4) is 0 Å². The van der Waals surface area contributed by atoms with Crippen molar-refractivity contribution < 1.29 is 13.6 Å². The van der Waals surface area contributed by atoms with Gasteiger partial charge in [-0.1, -0.05) is 22.0 Å². The molecule has 98 valence electrons. The molecule has 0 fully saturated rings. The standard InChI is InChI=1S/C14H10BrF2NO/c1-8-2-5-13(12(17)6-8)18-14(19)10-4-3-9(15)7-11(10)16/h2-7H,1H3,(H,18,19). The quantitative estimate of drug-likeness (QED) is 0.876. The van der Waals surface area contributed by atoms with Crippen LogP contribution in [0.1, 0.15) is 15.9 Å². The van der Waals surface area contributed by atoms with Gasteiger partial charge < -0.3 is 5.32 Å². The molecule has 0 aliphatic rings.